The monoisotopic (exact) mass is 247 g/mol. The van der Waals surface area contributed by atoms with Crippen molar-refractivity contribution in [3.63, 3.8) is 0 Å². The number of hydrogen-bond acceptors (Lipinski definition) is 2. The number of carboxylic acids is 1. The van der Waals surface area contributed by atoms with Crippen molar-refractivity contribution in [3.05, 3.63) is 35.4 Å². The lowest BCUT2D eigenvalue weighted by molar-refractivity contribution is 0.0697. The summed E-state index contributed by atoms with van der Waals surface area (Å²) in [7, 11) is 0. The number of amides is 1. The Morgan fingerprint density at radius 2 is 2.11 bits per heavy atom. The molecule has 0 aliphatic carbocycles. The van der Waals surface area contributed by atoms with Crippen molar-refractivity contribution in [3.8, 4) is 0 Å². The summed E-state index contributed by atoms with van der Waals surface area (Å²) in [6, 6.07) is 6.24. The summed E-state index contributed by atoms with van der Waals surface area (Å²) >= 11 is 0. The molecule has 1 fully saturated rings. The fraction of sp³-hybridized carbons (Fsp3) is 0.429. The van der Waals surface area contributed by atoms with Crippen molar-refractivity contribution in [1.82, 2.24) is 4.90 Å². The quantitative estimate of drug-likeness (QED) is 0.891. The first-order valence-corrected chi connectivity index (χ1v) is 6.24. The molecule has 1 aliphatic rings. The van der Waals surface area contributed by atoms with Crippen molar-refractivity contribution >= 4 is 11.9 Å². The van der Waals surface area contributed by atoms with Gasteiger partial charge in [-0.2, -0.15) is 0 Å². The van der Waals surface area contributed by atoms with Gasteiger partial charge in [0.2, 0.25) is 0 Å². The first kappa shape index (κ1) is 12.6. The highest BCUT2D eigenvalue weighted by molar-refractivity contribution is 5.97. The predicted molar refractivity (Wildman–Crippen MR) is 67.7 cm³/mol. The molecular formula is C14H17NO3. The minimum atomic E-state index is -1.00. The van der Waals surface area contributed by atoms with Crippen LogP contribution in [0.5, 0.6) is 0 Å². The van der Waals surface area contributed by atoms with E-state index in [9.17, 15) is 9.59 Å². The van der Waals surface area contributed by atoms with Gasteiger partial charge in [0.05, 0.1) is 5.56 Å². The summed E-state index contributed by atoms with van der Waals surface area (Å²) in [5.74, 6) is -0.483. The lowest BCUT2D eigenvalue weighted by atomic mass is 10.1. The molecule has 0 spiro atoms. The Morgan fingerprint density at radius 3 is 2.72 bits per heavy atom. The van der Waals surface area contributed by atoms with E-state index in [2.05, 4.69) is 6.92 Å². The number of rotatable bonds is 3. The van der Waals surface area contributed by atoms with E-state index in [1.54, 1.807) is 12.1 Å². The standard InChI is InChI=1S/C14H17NO3/c1-2-10-6-7-15(9-10)13(16)11-4-3-5-12(8-11)14(17)18/h3-5,8,10H,2,6-7,9H2,1H3,(H,17,18). The zero-order valence-corrected chi connectivity index (χ0v) is 10.4. The lowest BCUT2D eigenvalue weighted by Crippen LogP contribution is -2.28. The summed E-state index contributed by atoms with van der Waals surface area (Å²) in [5, 5.41) is 8.91. The summed E-state index contributed by atoms with van der Waals surface area (Å²) in [4.78, 5) is 24.9. The Hall–Kier alpha value is -1.84. The molecule has 96 valence electrons. The Morgan fingerprint density at radius 1 is 1.39 bits per heavy atom. The lowest BCUT2D eigenvalue weighted by Gasteiger charge is -2.16. The molecule has 18 heavy (non-hydrogen) atoms. The Kier molecular flexibility index (Phi) is 3.65. The van der Waals surface area contributed by atoms with Gasteiger partial charge in [0, 0.05) is 18.7 Å². The van der Waals surface area contributed by atoms with Crippen LogP contribution in [0.25, 0.3) is 0 Å². The van der Waals surface area contributed by atoms with E-state index >= 15 is 0 Å². The van der Waals surface area contributed by atoms with E-state index in [-0.39, 0.29) is 11.5 Å². The van der Waals surface area contributed by atoms with Gasteiger partial charge < -0.3 is 10.0 Å². The van der Waals surface area contributed by atoms with Crippen LogP contribution in [0, 0.1) is 5.92 Å². The molecule has 0 saturated carbocycles. The maximum absolute atomic E-state index is 12.2. The van der Waals surface area contributed by atoms with Gasteiger partial charge in [0.15, 0.2) is 0 Å². The zero-order chi connectivity index (χ0) is 13.1. The molecule has 1 aliphatic heterocycles. The third-order valence-electron chi connectivity index (χ3n) is 3.51. The summed E-state index contributed by atoms with van der Waals surface area (Å²) in [5.41, 5.74) is 0.624. The van der Waals surface area contributed by atoms with Crippen molar-refractivity contribution < 1.29 is 14.7 Å². The van der Waals surface area contributed by atoms with Gasteiger partial charge in [-0.05, 0) is 30.5 Å². The van der Waals surface area contributed by atoms with Crippen LogP contribution in [-0.4, -0.2) is 35.0 Å². The van der Waals surface area contributed by atoms with Crippen LogP contribution < -0.4 is 0 Å². The van der Waals surface area contributed by atoms with Crippen LogP contribution >= 0.6 is 0 Å². The van der Waals surface area contributed by atoms with Crippen molar-refractivity contribution in [2.75, 3.05) is 13.1 Å². The molecule has 4 nitrogen and oxygen atoms in total. The van der Waals surface area contributed by atoms with Gasteiger partial charge in [-0.25, -0.2) is 4.79 Å². The SMILES string of the molecule is CCC1CCN(C(=O)c2cccc(C(=O)O)c2)C1. The Labute approximate surface area is 106 Å². The molecule has 0 radical (unpaired) electrons. The molecule has 1 aromatic carbocycles. The molecule has 2 rings (SSSR count). The zero-order valence-electron chi connectivity index (χ0n) is 10.4. The normalized spacial score (nSPS) is 18.9. The molecule has 0 bridgehead atoms. The third-order valence-corrected chi connectivity index (χ3v) is 3.51. The average Bonchev–Trinajstić information content (AvgIpc) is 2.86. The highest BCUT2D eigenvalue weighted by Crippen LogP contribution is 2.21. The van der Waals surface area contributed by atoms with Crippen LogP contribution in [0.3, 0.4) is 0 Å². The fourth-order valence-electron chi connectivity index (χ4n) is 2.32. The minimum absolute atomic E-state index is 0.0611. The van der Waals surface area contributed by atoms with E-state index in [1.807, 2.05) is 4.90 Å². The molecule has 1 aromatic rings. The molecular weight excluding hydrogens is 230 g/mol. The number of benzene rings is 1. The van der Waals surface area contributed by atoms with Crippen LogP contribution in [0.4, 0.5) is 0 Å². The smallest absolute Gasteiger partial charge is 0.335 e. The fourth-order valence-corrected chi connectivity index (χ4v) is 2.32. The van der Waals surface area contributed by atoms with E-state index in [1.165, 1.54) is 12.1 Å². The number of carbonyl (C=O) groups is 2. The Balaban J connectivity index is 2.14. The second kappa shape index (κ2) is 5.21. The van der Waals surface area contributed by atoms with Crippen molar-refractivity contribution in [1.29, 1.82) is 0 Å². The van der Waals surface area contributed by atoms with Crippen molar-refractivity contribution in [2.45, 2.75) is 19.8 Å². The number of nitrogens with zero attached hydrogens (tertiary/aromatic N) is 1. The number of hydrogen-bond donors (Lipinski definition) is 1. The van der Waals surface area contributed by atoms with Crippen LogP contribution in [0.2, 0.25) is 0 Å². The second-order valence-corrected chi connectivity index (χ2v) is 4.70. The number of carbonyl (C=O) groups excluding carboxylic acids is 1. The molecule has 1 saturated heterocycles. The summed E-state index contributed by atoms with van der Waals surface area (Å²) in [6.07, 6.45) is 2.12. The minimum Gasteiger partial charge on any atom is -0.478 e. The van der Waals surface area contributed by atoms with Crippen LogP contribution in [0.15, 0.2) is 24.3 Å². The molecule has 1 atom stereocenters. The van der Waals surface area contributed by atoms with Gasteiger partial charge in [-0.1, -0.05) is 19.4 Å². The maximum Gasteiger partial charge on any atom is 0.335 e. The molecule has 1 amide bonds. The molecule has 1 N–H and O–H groups in total. The molecule has 4 heteroatoms. The van der Waals surface area contributed by atoms with E-state index in [4.69, 9.17) is 5.11 Å². The number of carboxylic acid groups (broad SMARTS) is 1. The van der Waals surface area contributed by atoms with Gasteiger partial charge in [0.25, 0.3) is 5.91 Å². The summed E-state index contributed by atoms with van der Waals surface area (Å²) in [6.45, 7) is 3.69. The van der Waals surface area contributed by atoms with Gasteiger partial charge in [-0.3, -0.25) is 4.79 Å². The van der Waals surface area contributed by atoms with E-state index in [0.29, 0.717) is 11.5 Å². The highest BCUT2D eigenvalue weighted by Gasteiger charge is 2.25. The Bertz CT molecular complexity index is 470. The van der Waals surface area contributed by atoms with Gasteiger partial charge in [-0.15, -0.1) is 0 Å². The first-order chi connectivity index (χ1) is 8.61. The maximum atomic E-state index is 12.2. The number of likely N-dealkylation sites (tertiary alicyclic amines) is 1. The van der Waals surface area contributed by atoms with Crippen LogP contribution in [-0.2, 0) is 0 Å². The highest BCUT2D eigenvalue weighted by atomic mass is 16.4. The predicted octanol–water partition coefficient (Wildman–Crippen LogP) is 2.26. The molecule has 0 aromatic heterocycles. The molecule has 1 heterocycles. The van der Waals surface area contributed by atoms with E-state index in [0.717, 1.165) is 25.9 Å². The first-order valence-electron chi connectivity index (χ1n) is 6.24. The summed E-state index contributed by atoms with van der Waals surface area (Å²) < 4.78 is 0. The third kappa shape index (κ3) is 2.53. The van der Waals surface area contributed by atoms with E-state index < -0.39 is 5.97 Å². The van der Waals surface area contributed by atoms with Crippen LogP contribution in [0.1, 0.15) is 40.5 Å². The van der Waals surface area contributed by atoms with Crippen molar-refractivity contribution in [2.24, 2.45) is 5.92 Å². The number of aromatic carboxylic acids is 1. The van der Waals surface area contributed by atoms with Gasteiger partial charge >= 0.3 is 5.97 Å². The van der Waals surface area contributed by atoms with Gasteiger partial charge in [0.1, 0.15) is 0 Å². The largest absolute Gasteiger partial charge is 0.478 e. The molecule has 1 unspecified atom stereocenters. The topological polar surface area (TPSA) is 57.6 Å². The second-order valence-electron chi connectivity index (χ2n) is 4.70. The average molecular weight is 247 g/mol.